The molecule has 0 saturated carbocycles. The van der Waals surface area contributed by atoms with Crippen LogP contribution in [0.5, 0.6) is 0 Å². The van der Waals surface area contributed by atoms with E-state index in [2.05, 4.69) is 15.0 Å². The molecule has 5 nitrogen and oxygen atoms in total. The Morgan fingerprint density at radius 1 is 1.71 bits per heavy atom. The third-order valence-corrected chi connectivity index (χ3v) is 2.48. The molecule has 2 heterocycles. The van der Waals surface area contributed by atoms with E-state index in [4.69, 9.17) is 10.3 Å². The maximum Gasteiger partial charge on any atom is 0.249 e. The maximum absolute atomic E-state index is 5.81. The summed E-state index contributed by atoms with van der Waals surface area (Å²) in [4.78, 5) is 6.26. The lowest BCUT2D eigenvalue weighted by molar-refractivity contribution is 0.101. The van der Waals surface area contributed by atoms with Crippen molar-refractivity contribution in [3.63, 3.8) is 0 Å². The molecule has 2 N–H and O–H groups in total. The van der Waals surface area contributed by atoms with Gasteiger partial charge in [0, 0.05) is 6.54 Å². The highest BCUT2D eigenvalue weighted by Crippen LogP contribution is 2.33. The second-order valence-corrected chi connectivity index (χ2v) is 3.39. The van der Waals surface area contributed by atoms with Crippen LogP contribution in [0.4, 0.5) is 0 Å². The number of nitrogens with zero attached hydrogens (tertiary/aromatic N) is 3. The van der Waals surface area contributed by atoms with Gasteiger partial charge in [-0.3, -0.25) is 0 Å². The van der Waals surface area contributed by atoms with Gasteiger partial charge in [0.25, 0.3) is 0 Å². The van der Waals surface area contributed by atoms with E-state index in [9.17, 15) is 0 Å². The fourth-order valence-corrected chi connectivity index (χ4v) is 1.57. The van der Waals surface area contributed by atoms with Gasteiger partial charge in [-0.15, -0.1) is 0 Å². The first kappa shape index (κ1) is 9.05. The van der Waals surface area contributed by atoms with Gasteiger partial charge in [0.15, 0.2) is 5.82 Å². The molecule has 0 unspecified atom stereocenters. The summed E-state index contributed by atoms with van der Waals surface area (Å²) in [6, 6.07) is 0.174. The number of likely N-dealkylation sites (tertiary alicyclic amines) is 1. The number of allylic oxidation sites excluding steroid dienone is 1. The minimum atomic E-state index is 0.174. The molecule has 1 aromatic rings. The highest BCUT2D eigenvalue weighted by atomic mass is 16.5. The van der Waals surface area contributed by atoms with Crippen LogP contribution in [0, 0.1) is 6.92 Å². The Balaban J connectivity index is 2.14. The normalized spacial score (nSPS) is 22.3. The number of hydrogen-bond donors (Lipinski definition) is 1. The van der Waals surface area contributed by atoms with Crippen LogP contribution in [0.15, 0.2) is 16.4 Å². The summed E-state index contributed by atoms with van der Waals surface area (Å²) in [7, 11) is 0. The lowest BCUT2D eigenvalue weighted by Crippen LogP contribution is -2.42. The molecule has 0 radical (unpaired) electrons. The van der Waals surface area contributed by atoms with Crippen LogP contribution in [0.1, 0.15) is 31.1 Å². The Bertz CT molecular complexity index is 357. The van der Waals surface area contributed by atoms with Crippen molar-refractivity contribution in [3.05, 3.63) is 23.6 Å². The van der Waals surface area contributed by atoms with Crippen LogP contribution in [0.3, 0.4) is 0 Å². The van der Waals surface area contributed by atoms with E-state index >= 15 is 0 Å². The Hall–Kier alpha value is -1.52. The predicted octanol–water partition coefficient (Wildman–Crippen LogP) is 0.945. The van der Waals surface area contributed by atoms with Crippen LogP contribution < -0.4 is 5.73 Å². The third-order valence-electron chi connectivity index (χ3n) is 2.48. The molecule has 1 aliphatic rings. The topological polar surface area (TPSA) is 68.2 Å². The molecule has 1 atom stereocenters. The van der Waals surface area contributed by atoms with Gasteiger partial charge in [-0.2, -0.15) is 4.98 Å². The van der Waals surface area contributed by atoms with Gasteiger partial charge in [-0.05, 0) is 26.3 Å². The largest absolute Gasteiger partial charge is 0.386 e. The highest BCUT2D eigenvalue weighted by molar-refractivity contribution is 5.07. The van der Waals surface area contributed by atoms with E-state index in [-0.39, 0.29) is 6.04 Å². The van der Waals surface area contributed by atoms with E-state index in [1.807, 2.05) is 19.9 Å². The summed E-state index contributed by atoms with van der Waals surface area (Å²) in [6.45, 7) is 4.70. The number of aromatic nitrogens is 2. The first-order valence-corrected chi connectivity index (χ1v) is 4.71. The molecule has 14 heavy (non-hydrogen) atoms. The summed E-state index contributed by atoms with van der Waals surface area (Å²) in [6.07, 6.45) is 2.91. The molecule has 76 valence electrons. The zero-order chi connectivity index (χ0) is 10.1. The monoisotopic (exact) mass is 194 g/mol. The maximum atomic E-state index is 5.81. The molecular weight excluding hydrogens is 180 g/mol. The lowest BCUT2D eigenvalue weighted by atomic mass is 10.0. The second-order valence-electron chi connectivity index (χ2n) is 3.39. The van der Waals surface area contributed by atoms with Gasteiger partial charge < -0.3 is 15.2 Å². The zero-order valence-corrected chi connectivity index (χ0v) is 8.40. The molecule has 1 aliphatic heterocycles. The van der Waals surface area contributed by atoms with Crippen molar-refractivity contribution in [2.24, 2.45) is 5.73 Å². The first-order chi connectivity index (χ1) is 6.72. The number of aryl methyl sites for hydroxylation is 1. The van der Waals surface area contributed by atoms with E-state index in [1.165, 1.54) is 0 Å². The van der Waals surface area contributed by atoms with E-state index in [0.717, 1.165) is 18.8 Å². The van der Waals surface area contributed by atoms with Crippen LogP contribution in [0.25, 0.3) is 0 Å². The fraction of sp³-hybridized carbons (Fsp3) is 0.556. The molecule has 0 amide bonds. The smallest absolute Gasteiger partial charge is 0.249 e. The molecule has 0 spiro atoms. The first-order valence-electron chi connectivity index (χ1n) is 4.71. The number of nitrogens with two attached hydrogens (primary N) is 1. The highest BCUT2D eigenvalue weighted by Gasteiger charge is 2.34. The summed E-state index contributed by atoms with van der Waals surface area (Å²) in [5, 5.41) is 3.77. The Morgan fingerprint density at radius 2 is 2.50 bits per heavy atom. The fourth-order valence-electron chi connectivity index (χ4n) is 1.57. The quantitative estimate of drug-likeness (QED) is 0.759. The van der Waals surface area contributed by atoms with Gasteiger partial charge in [-0.25, -0.2) is 0 Å². The molecule has 5 heteroatoms. The van der Waals surface area contributed by atoms with Crippen molar-refractivity contribution < 1.29 is 4.52 Å². The zero-order valence-electron chi connectivity index (χ0n) is 8.40. The Kier molecular flexibility index (Phi) is 2.15. The van der Waals surface area contributed by atoms with Crippen molar-refractivity contribution in [1.29, 1.82) is 0 Å². The summed E-state index contributed by atoms with van der Waals surface area (Å²) in [5.41, 5.74) is 5.81. The van der Waals surface area contributed by atoms with E-state index in [1.54, 1.807) is 0 Å². The van der Waals surface area contributed by atoms with Crippen LogP contribution >= 0.6 is 0 Å². The number of hydrogen-bond acceptors (Lipinski definition) is 5. The van der Waals surface area contributed by atoms with Crippen molar-refractivity contribution in [3.8, 4) is 0 Å². The minimum Gasteiger partial charge on any atom is -0.386 e. The SMILES string of the molecule is C/C=C(\N)N1CC[C@H]1c1nc(C)no1. The third kappa shape index (κ3) is 1.34. The Labute approximate surface area is 82.6 Å². The van der Waals surface area contributed by atoms with Gasteiger partial charge in [0.2, 0.25) is 5.89 Å². The summed E-state index contributed by atoms with van der Waals surface area (Å²) >= 11 is 0. The molecule has 2 rings (SSSR count). The van der Waals surface area contributed by atoms with Crippen LogP contribution in [0.2, 0.25) is 0 Å². The summed E-state index contributed by atoms with van der Waals surface area (Å²) in [5.74, 6) is 2.11. The van der Waals surface area contributed by atoms with E-state index in [0.29, 0.717) is 11.7 Å². The van der Waals surface area contributed by atoms with Gasteiger partial charge in [0.05, 0.1) is 5.82 Å². The van der Waals surface area contributed by atoms with Crippen molar-refractivity contribution in [1.82, 2.24) is 15.0 Å². The van der Waals surface area contributed by atoms with Crippen molar-refractivity contribution in [2.45, 2.75) is 26.3 Å². The minimum absolute atomic E-state index is 0.174. The van der Waals surface area contributed by atoms with Crippen molar-refractivity contribution >= 4 is 0 Å². The molecule has 1 fully saturated rings. The predicted molar refractivity (Wildman–Crippen MR) is 51.0 cm³/mol. The number of rotatable bonds is 2. The average molecular weight is 194 g/mol. The molecular formula is C9H14N4O. The lowest BCUT2D eigenvalue weighted by Gasteiger charge is -2.40. The molecule has 1 saturated heterocycles. The average Bonchev–Trinajstić information content (AvgIpc) is 2.49. The van der Waals surface area contributed by atoms with E-state index < -0.39 is 0 Å². The molecule has 0 bridgehead atoms. The molecule has 0 aliphatic carbocycles. The Morgan fingerprint density at radius 3 is 2.93 bits per heavy atom. The van der Waals surface area contributed by atoms with Gasteiger partial charge in [-0.1, -0.05) is 5.16 Å². The van der Waals surface area contributed by atoms with Gasteiger partial charge >= 0.3 is 0 Å². The van der Waals surface area contributed by atoms with Crippen LogP contribution in [-0.2, 0) is 0 Å². The molecule has 1 aromatic heterocycles. The standard InChI is InChI=1S/C9H14N4O/c1-3-8(10)13-5-4-7(13)9-11-6(2)12-14-9/h3,7H,4-5,10H2,1-2H3/b8-3+/t7-/m0/s1. The van der Waals surface area contributed by atoms with Gasteiger partial charge in [0.1, 0.15) is 6.04 Å². The summed E-state index contributed by atoms with van der Waals surface area (Å²) < 4.78 is 5.11. The second kappa shape index (κ2) is 3.32. The van der Waals surface area contributed by atoms with Crippen molar-refractivity contribution in [2.75, 3.05) is 6.54 Å². The van der Waals surface area contributed by atoms with Crippen LogP contribution in [-0.4, -0.2) is 21.6 Å². The molecule has 0 aromatic carbocycles.